The number of hydrogen-bond donors (Lipinski definition) is 0. The molecule has 3 atom stereocenters. The minimum Gasteiger partial charge on any atom is -0.273 e. The highest BCUT2D eigenvalue weighted by Crippen LogP contribution is 2.48. The Morgan fingerprint density at radius 1 is 0.697 bits per heavy atom. The molecule has 0 aliphatic carbocycles. The summed E-state index contributed by atoms with van der Waals surface area (Å²) in [7, 11) is 0. The molecular weight excluding hydrogens is 412 g/mol. The van der Waals surface area contributed by atoms with E-state index in [1.54, 1.807) is 5.06 Å². The number of hydrogen-bond acceptors (Lipinski definition) is 4. The Hall–Kier alpha value is -3.96. The van der Waals surface area contributed by atoms with Crippen molar-refractivity contribution in [1.29, 1.82) is 0 Å². The highest BCUT2D eigenvalue weighted by atomic mass is 16.7. The Morgan fingerprint density at radius 3 is 2.18 bits per heavy atom. The van der Waals surface area contributed by atoms with Crippen molar-refractivity contribution < 1.29 is 14.4 Å². The number of nitrogens with zero attached hydrogens (tertiary/aromatic N) is 2. The lowest BCUT2D eigenvalue weighted by molar-refractivity contribution is -0.126. The van der Waals surface area contributed by atoms with E-state index in [0.717, 1.165) is 27.6 Å². The van der Waals surface area contributed by atoms with Gasteiger partial charge in [-0.25, -0.2) is 9.96 Å². The van der Waals surface area contributed by atoms with Crippen LogP contribution < -0.4 is 9.96 Å². The molecule has 2 saturated heterocycles. The second-order valence-electron chi connectivity index (χ2n) is 8.56. The molecule has 0 bridgehead atoms. The Bertz CT molecular complexity index is 1380. The maximum atomic E-state index is 13.8. The molecular formula is C28H22N2O3. The number of carbonyl (C=O) groups excluding carboxylic acids is 2. The van der Waals surface area contributed by atoms with E-state index in [0.29, 0.717) is 5.69 Å². The average molecular weight is 434 g/mol. The molecule has 2 heterocycles. The van der Waals surface area contributed by atoms with Crippen LogP contribution in [0.25, 0.3) is 10.8 Å². The van der Waals surface area contributed by atoms with Crippen LogP contribution in [0.3, 0.4) is 0 Å². The first-order chi connectivity index (χ1) is 16.1. The van der Waals surface area contributed by atoms with Gasteiger partial charge in [-0.2, -0.15) is 0 Å². The Labute approximate surface area is 191 Å². The standard InChI is InChI=1S/C28H22N2O3/c1-18-9-5-8-14-23(18)25-24-26(33-30(25)21-12-3-2-4-13-21)28(32)29(27(24)31)22-16-15-19-10-6-7-11-20(19)17-22/h2-17,24-26H,1H3/t24-,25-,26-/m0/s1. The molecule has 4 aromatic rings. The van der Waals surface area contributed by atoms with Gasteiger partial charge in [-0.3, -0.25) is 14.4 Å². The minimum absolute atomic E-state index is 0.230. The average Bonchev–Trinajstić information content (AvgIpc) is 3.35. The van der Waals surface area contributed by atoms with Crippen LogP contribution >= 0.6 is 0 Å². The molecule has 0 spiro atoms. The van der Waals surface area contributed by atoms with Crippen LogP contribution in [0.1, 0.15) is 17.2 Å². The zero-order valence-corrected chi connectivity index (χ0v) is 18.1. The lowest BCUT2D eigenvalue weighted by atomic mass is 9.88. The van der Waals surface area contributed by atoms with Crippen LogP contribution in [-0.2, 0) is 14.4 Å². The molecule has 0 radical (unpaired) electrons. The van der Waals surface area contributed by atoms with E-state index < -0.39 is 18.1 Å². The van der Waals surface area contributed by atoms with E-state index >= 15 is 0 Å². The summed E-state index contributed by atoms with van der Waals surface area (Å²) in [5, 5.41) is 3.78. The number of amides is 2. The fraction of sp³-hybridized carbons (Fsp3) is 0.143. The zero-order valence-electron chi connectivity index (χ0n) is 18.1. The maximum absolute atomic E-state index is 13.8. The fourth-order valence-electron chi connectivity index (χ4n) is 5.02. The van der Waals surface area contributed by atoms with Gasteiger partial charge in [0, 0.05) is 0 Å². The van der Waals surface area contributed by atoms with Gasteiger partial charge in [0.1, 0.15) is 5.92 Å². The summed E-state index contributed by atoms with van der Waals surface area (Å²) in [5.41, 5.74) is 3.43. The largest absolute Gasteiger partial charge is 0.273 e. The van der Waals surface area contributed by atoms with Crippen LogP contribution in [0, 0.1) is 12.8 Å². The maximum Gasteiger partial charge on any atom is 0.266 e. The summed E-state index contributed by atoms with van der Waals surface area (Å²) in [6, 6.07) is 30.8. The van der Waals surface area contributed by atoms with Crippen molar-refractivity contribution in [2.45, 2.75) is 19.1 Å². The number of hydroxylamine groups is 1. The van der Waals surface area contributed by atoms with Crippen molar-refractivity contribution in [2.24, 2.45) is 5.92 Å². The summed E-state index contributed by atoms with van der Waals surface area (Å²) in [5.74, 6) is -1.19. The number of benzene rings is 4. The molecule has 2 aliphatic heterocycles. The van der Waals surface area contributed by atoms with Crippen LogP contribution in [0.4, 0.5) is 11.4 Å². The third-order valence-electron chi connectivity index (χ3n) is 6.62. The van der Waals surface area contributed by atoms with Gasteiger partial charge >= 0.3 is 0 Å². The predicted molar refractivity (Wildman–Crippen MR) is 128 cm³/mol. The van der Waals surface area contributed by atoms with Crippen LogP contribution in [-0.4, -0.2) is 17.9 Å². The number of rotatable bonds is 3. The van der Waals surface area contributed by atoms with Gasteiger partial charge in [-0.15, -0.1) is 0 Å². The van der Waals surface area contributed by atoms with E-state index in [1.807, 2.05) is 104 Å². The van der Waals surface area contributed by atoms with E-state index in [1.165, 1.54) is 4.90 Å². The van der Waals surface area contributed by atoms with Crippen molar-refractivity contribution in [3.8, 4) is 0 Å². The molecule has 33 heavy (non-hydrogen) atoms. The second kappa shape index (κ2) is 7.57. The summed E-state index contributed by atoms with van der Waals surface area (Å²) in [6.07, 6.45) is -0.867. The van der Waals surface area contributed by atoms with Crippen LogP contribution in [0.15, 0.2) is 97.1 Å². The van der Waals surface area contributed by atoms with Crippen LogP contribution in [0.2, 0.25) is 0 Å². The highest BCUT2D eigenvalue weighted by molar-refractivity contribution is 6.24. The van der Waals surface area contributed by atoms with Crippen molar-refractivity contribution in [2.75, 3.05) is 9.96 Å². The molecule has 5 heteroatoms. The molecule has 0 unspecified atom stereocenters. The molecule has 4 aromatic carbocycles. The third kappa shape index (κ3) is 3.04. The summed E-state index contributed by atoms with van der Waals surface area (Å²) in [6.45, 7) is 2.02. The van der Waals surface area contributed by atoms with E-state index in [2.05, 4.69) is 0 Å². The van der Waals surface area contributed by atoms with Crippen LogP contribution in [0.5, 0.6) is 0 Å². The first-order valence-corrected chi connectivity index (χ1v) is 11.1. The summed E-state index contributed by atoms with van der Waals surface area (Å²) >= 11 is 0. The summed E-state index contributed by atoms with van der Waals surface area (Å²) in [4.78, 5) is 34.9. The Morgan fingerprint density at radius 2 is 1.39 bits per heavy atom. The lowest BCUT2D eigenvalue weighted by Crippen LogP contribution is -2.37. The fourth-order valence-corrected chi connectivity index (χ4v) is 5.02. The number of carbonyl (C=O) groups is 2. The zero-order chi connectivity index (χ0) is 22.5. The van der Waals surface area contributed by atoms with E-state index in [-0.39, 0.29) is 11.8 Å². The van der Waals surface area contributed by atoms with E-state index in [4.69, 9.17) is 4.84 Å². The minimum atomic E-state index is -0.867. The topological polar surface area (TPSA) is 49.9 Å². The van der Waals surface area contributed by atoms with Gasteiger partial charge in [0.2, 0.25) is 5.91 Å². The van der Waals surface area contributed by atoms with Gasteiger partial charge < -0.3 is 0 Å². The van der Waals surface area contributed by atoms with Gasteiger partial charge in [-0.1, -0.05) is 72.8 Å². The third-order valence-corrected chi connectivity index (χ3v) is 6.62. The molecule has 0 saturated carbocycles. The number of anilines is 2. The molecule has 2 amide bonds. The number of fused-ring (bicyclic) bond motifs is 2. The number of aryl methyl sites for hydroxylation is 1. The van der Waals surface area contributed by atoms with Gasteiger partial charge in [0.15, 0.2) is 6.10 Å². The van der Waals surface area contributed by atoms with Crippen molar-refractivity contribution in [1.82, 2.24) is 0 Å². The Kier molecular flexibility index (Phi) is 4.52. The monoisotopic (exact) mass is 434 g/mol. The first-order valence-electron chi connectivity index (χ1n) is 11.1. The van der Waals surface area contributed by atoms with Gasteiger partial charge in [0.05, 0.1) is 17.4 Å². The van der Waals surface area contributed by atoms with Crippen molar-refractivity contribution >= 4 is 34.0 Å². The molecule has 0 aromatic heterocycles. The predicted octanol–water partition coefficient (Wildman–Crippen LogP) is 5.20. The normalized spacial score (nSPS) is 22.3. The molecule has 2 fully saturated rings. The van der Waals surface area contributed by atoms with Gasteiger partial charge in [0.25, 0.3) is 5.91 Å². The molecule has 162 valence electrons. The first kappa shape index (κ1) is 19.7. The lowest BCUT2D eigenvalue weighted by Gasteiger charge is -2.29. The number of imide groups is 1. The molecule has 0 N–H and O–H groups in total. The van der Waals surface area contributed by atoms with Crippen molar-refractivity contribution in [3.05, 3.63) is 108 Å². The van der Waals surface area contributed by atoms with Gasteiger partial charge in [-0.05, 0) is 53.1 Å². The smallest absolute Gasteiger partial charge is 0.266 e. The Balaban J connectivity index is 1.45. The number of para-hydroxylation sites is 1. The van der Waals surface area contributed by atoms with Crippen molar-refractivity contribution in [3.63, 3.8) is 0 Å². The molecule has 5 nitrogen and oxygen atoms in total. The second-order valence-corrected chi connectivity index (χ2v) is 8.56. The quantitative estimate of drug-likeness (QED) is 0.416. The molecule has 6 rings (SSSR count). The SMILES string of the molecule is Cc1ccccc1[C@H]1[C@@H]2C(=O)N(c3ccc4ccccc4c3)C(=O)[C@H]2ON1c1ccccc1. The van der Waals surface area contributed by atoms with E-state index in [9.17, 15) is 9.59 Å². The highest BCUT2D eigenvalue weighted by Gasteiger charge is 2.60. The molecule has 2 aliphatic rings. The summed E-state index contributed by atoms with van der Waals surface area (Å²) < 4.78 is 0.